The van der Waals surface area contributed by atoms with Crippen LogP contribution in [-0.4, -0.2) is 15.0 Å². The summed E-state index contributed by atoms with van der Waals surface area (Å²) in [7, 11) is 0. The largest absolute Gasteiger partial charge is 0.456 e. The third kappa shape index (κ3) is 4.08. The highest BCUT2D eigenvalue weighted by Crippen LogP contribution is 2.41. The summed E-state index contributed by atoms with van der Waals surface area (Å²) in [5.41, 5.74) is 0.712. The molecule has 7 aromatic carbocycles. The second kappa shape index (κ2) is 10.5. The average molecular weight is 629 g/mol. The zero-order chi connectivity index (χ0) is 42.9. The second-order valence-corrected chi connectivity index (χ2v) is 11.0. The van der Waals surface area contributed by atoms with Crippen molar-refractivity contribution < 1.29 is 26.7 Å². The fourth-order valence-electron chi connectivity index (χ4n) is 6.13. The molecule has 0 bridgehead atoms. The summed E-state index contributed by atoms with van der Waals surface area (Å²) in [5.74, 6) is -0.705. The third-order valence-electron chi connectivity index (χ3n) is 8.23. The van der Waals surface area contributed by atoms with Gasteiger partial charge < -0.3 is 8.83 Å². The molecule has 0 aliphatic heterocycles. The first kappa shape index (κ1) is 16.8. The van der Waals surface area contributed by atoms with Crippen LogP contribution in [0.25, 0.3) is 99.9 Å². The number of fused-ring (bicyclic) bond motifs is 7. The Kier molecular flexibility index (Phi) is 3.67. The van der Waals surface area contributed by atoms with Crippen molar-refractivity contribution in [2.45, 2.75) is 0 Å². The molecule has 0 aliphatic carbocycles. The Bertz CT molecular complexity index is 3590. The lowest BCUT2D eigenvalue weighted by Crippen LogP contribution is -2.01. The van der Waals surface area contributed by atoms with Crippen LogP contribution in [0, 0.1) is 0 Å². The van der Waals surface area contributed by atoms with Crippen LogP contribution < -0.4 is 0 Å². The zero-order valence-electron chi connectivity index (χ0n) is 37.6. The van der Waals surface area contributed by atoms with Crippen LogP contribution >= 0.6 is 0 Å². The van der Waals surface area contributed by atoms with E-state index in [0.29, 0.717) is 33.1 Å². The molecule has 5 heteroatoms. The first-order chi connectivity index (χ1) is 29.2. The summed E-state index contributed by atoms with van der Waals surface area (Å²) in [6.07, 6.45) is 0. The van der Waals surface area contributed by atoms with Crippen molar-refractivity contribution in [3.05, 3.63) is 151 Å². The Labute approximate surface area is 293 Å². The molecule has 0 fully saturated rings. The Balaban J connectivity index is 1.38. The second-order valence-electron chi connectivity index (χ2n) is 11.0. The molecule has 10 aromatic rings. The molecule has 10 rings (SSSR count). The molecule has 0 aliphatic rings. The molecule has 0 radical (unpaired) electrons. The highest BCUT2D eigenvalue weighted by atomic mass is 16.3. The van der Waals surface area contributed by atoms with Crippen molar-refractivity contribution in [2.24, 2.45) is 0 Å². The van der Waals surface area contributed by atoms with Gasteiger partial charge in [0.05, 0.1) is 17.8 Å². The van der Waals surface area contributed by atoms with Crippen molar-refractivity contribution in [1.82, 2.24) is 15.0 Å². The minimum Gasteiger partial charge on any atom is -0.456 e. The fourth-order valence-corrected chi connectivity index (χ4v) is 6.13. The van der Waals surface area contributed by atoms with Crippen molar-refractivity contribution in [3.8, 4) is 45.3 Å². The lowest BCUT2D eigenvalue weighted by atomic mass is 9.93. The van der Waals surface area contributed by atoms with Gasteiger partial charge in [0.15, 0.2) is 17.5 Å². The van der Waals surface area contributed by atoms with Crippen LogP contribution in [0.3, 0.4) is 0 Å². The summed E-state index contributed by atoms with van der Waals surface area (Å²) in [4.78, 5) is 14.2. The van der Waals surface area contributed by atoms with Gasteiger partial charge in [-0.1, -0.05) is 127 Å². The minimum atomic E-state index is -0.625. The number of rotatable bonds is 4. The summed E-state index contributed by atoms with van der Waals surface area (Å²) >= 11 is 0. The summed E-state index contributed by atoms with van der Waals surface area (Å²) < 4.78 is 128. The van der Waals surface area contributed by atoms with Gasteiger partial charge in [-0.15, -0.1) is 0 Å². The predicted octanol–water partition coefficient (Wildman–Crippen LogP) is 11.5. The molecule has 0 saturated carbocycles. The number of furan rings is 2. The minimum absolute atomic E-state index is 0.0389. The molecule has 0 spiro atoms. The monoisotopic (exact) mass is 628 g/mol. The molecule has 3 heterocycles. The van der Waals surface area contributed by atoms with E-state index < -0.39 is 78.6 Å². The molecule has 5 nitrogen and oxygen atoms in total. The number of nitrogens with zero attached hydrogens (tertiary/aromatic N) is 3. The Morgan fingerprint density at radius 3 is 1.88 bits per heavy atom. The standard InChI is InChI=1S/C43H25N3O2/c1-2-12-26(13-3-1)41-44-42(46-43(45-41)34-21-11-25-38-40(34)33-15-5-7-23-36(33)48-38)31-20-9-16-27-28(17-8-18-29(27)31)30-19-10-24-37-39(30)32-14-4-6-22-35(32)47-37/h1-25H/i5D,7D,8D,9D,11D,15D,16D,17D,18D,20D,21D,23D,25D. The van der Waals surface area contributed by atoms with E-state index in [1.54, 1.807) is 54.6 Å². The number of aromatic nitrogens is 3. The summed E-state index contributed by atoms with van der Waals surface area (Å²) in [5, 5.41) is 0.677. The van der Waals surface area contributed by atoms with E-state index in [-0.39, 0.29) is 66.9 Å². The van der Waals surface area contributed by atoms with Gasteiger partial charge in [0.2, 0.25) is 0 Å². The lowest BCUT2D eigenvalue weighted by molar-refractivity contribution is 0.668. The molecular weight excluding hydrogens is 590 g/mol. The topological polar surface area (TPSA) is 65.0 Å². The number of hydrogen-bond donors (Lipinski definition) is 0. The first-order valence-corrected chi connectivity index (χ1v) is 14.9. The maximum absolute atomic E-state index is 9.32. The molecule has 3 aromatic heterocycles. The maximum atomic E-state index is 9.32. The van der Waals surface area contributed by atoms with Gasteiger partial charge in [-0.25, -0.2) is 15.0 Å². The fraction of sp³-hybridized carbons (Fsp3) is 0. The van der Waals surface area contributed by atoms with Crippen molar-refractivity contribution >= 4 is 54.6 Å². The van der Waals surface area contributed by atoms with Crippen LogP contribution in [-0.2, 0) is 0 Å². The smallest absolute Gasteiger partial charge is 0.164 e. The first-order valence-electron chi connectivity index (χ1n) is 21.4. The van der Waals surface area contributed by atoms with E-state index >= 15 is 0 Å². The third-order valence-corrected chi connectivity index (χ3v) is 8.23. The van der Waals surface area contributed by atoms with Gasteiger partial charge in [0.25, 0.3) is 0 Å². The normalized spacial score (nSPS) is 15.5. The highest BCUT2D eigenvalue weighted by molar-refractivity contribution is 6.16. The SMILES string of the molecule is [2H]c1c([2H])c([2H])c2c(oc3c([2H])c([2H])c([2H])c(-c4nc(-c5ccccc5)nc(-c5c([2H])c([2H])c([2H])c6c(-c7cccc8oc9ccccc9c78)c([2H])c([2H])c([2H])c56)n4)c32)c1[2H]. The molecule has 48 heavy (non-hydrogen) atoms. The van der Waals surface area contributed by atoms with E-state index in [9.17, 15) is 6.85 Å². The molecule has 0 amide bonds. The Morgan fingerprint density at radius 1 is 0.375 bits per heavy atom. The molecule has 0 N–H and O–H groups in total. The highest BCUT2D eigenvalue weighted by Gasteiger charge is 2.20. The van der Waals surface area contributed by atoms with Gasteiger partial charge in [-0.2, -0.15) is 0 Å². The maximum Gasteiger partial charge on any atom is 0.164 e. The number of hydrogen-bond acceptors (Lipinski definition) is 5. The van der Waals surface area contributed by atoms with Crippen molar-refractivity contribution in [1.29, 1.82) is 0 Å². The zero-order valence-corrected chi connectivity index (χ0v) is 24.6. The van der Waals surface area contributed by atoms with Gasteiger partial charge in [-0.05, 0) is 46.1 Å². The predicted molar refractivity (Wildman–Crippen MR) is 194 cm³/mol. The van der Waals surface area contributed by atoms with Crippen LogP contribution in [0.5, 0.6) is 0 Å². The van der Waals surface area contributed by atoms with Crippen LogP contribution in [0.1, 0.15) is 17.8 Å². The van der Waals surface area contributed by atoms with Crippen LogP contribution in [0.2, 0.25) is 0 Å². The molecule has 0 unspecified atom stereocenters. The van der Waals surface area contributed by atoms with E-state index in [4.69, 9.17) is 34.8 Å². The van der Waals surface area contributed by atoms with Crippen molar-refractivity contribution in [2.75, 3.05) is 0 Å². The lowest BCUT2D eigenvalue weighted by Gasteiger charge is -2.13. The molecule has 224 valence electrons. The van der Waals surface area contributed by atoms with E-state index in [1.165, 1.54) is 0 Å². The molecule has 0 saturated heterocycles. The molecule has 0 atom stereocenters. The van der Waals surface area contributed by atoms with Gasteiger partial charge in [-0.3, -0.25) is 0 Å². The summed E-state index contributed by atoms with van der Waals surface area (Å²) in [6, 6.07) is 13.7. The number of para-hydroxylation sites is 2. The van der Waals surface area contributed by atoms with Gasteiger partial charge in [0, 0.05) is 38.2 Å². The number of benzene rings is 7. The Morgan fingerprint density at radius 2 is 0.979 bits per heavy atom. The van der Waals surface area contributed by atoms with Crippen LogP contribution in [0.4, 0.5) is 0 Å². The van der Waals surface area contributed by atoms with Gasteiger partial charge in [0.1, 0.15) is 22.3 Å². The molecular formula is C43H25N3O2. The van der Waals surface area contributed by atoms with E-state index in [0.717, 1.165) is 0 Å². The average Bonchev–Trinajstić information content (AvgIpc) is 3.86. The Hall–Kier alpha value is -6.59. The van der Waals surface area contributed by atoms with Gasteiger partial charge >= 0.3 is 0 Å². The van der Waals surface area contributed by atoms with E-state index in [2.05, 4.69) is 0 Å². The van der Waals surface area contributed by atoms with Crippen molar-refractivity contribution in [3.63, 3.8) is 0 Å². The summed E-state index contributed by atoms with van der Waals surface area (Å²) in [6.45, 7) is 0. The van der Waals surface area contributed by atoms with E-state index in [1.807, 2.05) is 18.2 Å². The van der Waals surface area contributed by atoms with Crippen LogP contribution in [0.15, 0.2) is 160 Å². The quantitative estimate of drug-likeness (QED) is 0.194.